The monoisotopic (exact) mass is 636 g/mol. The predicted octanol–water partition coefficient (Wildman–Crippen LogP) is 5.45. The van der Waals surface area contributed by atoms with E-state index in [1.165, 1.54) is 49.5 Å². The number of carbonyl (C=O) groups excluding carboxylic acids is 2. The number of fused-ring (bicyclic) bond motifs is 2. The number of aromatic carboxylic acids is 1. The van der Waals surface area contributed by atoms with Crippen molar-refractivity contribution in [1.29, 1.82) is 0 Å². The number of ketones is 2. The maximum atomic E-state index is 14.8. The molecule has 14 heteroatoms. The van der Waals surface area contributed by atoms with Crippen LogP contribution in [-0.4, -0.2) is 57.2 Å². The third-order valence-corrected chi connectivity index (χ3v) is 8.95. The molecule has 0 fully saturated rings. The average molecular weight is 637 g/mol. The third-order valence-electron chi connectivity index (χ3n) is 8.26. The molecule has 224 valence electrons. The lowest BCUT2D eigenvalue weighted by Crippen LogP contribution is -2.58. The molecule has 0 amide bonds. The number of nitrogens with zero attached hydrogens (tertiary/aromatic N) is 3. The lowest BCUT2D eigenvalue weighted by molar-refractivity contribution is -0.131. The number of carboxylic acid groups (broad SMARTS) is 1. The van der Waals surface area contributed by atoms with Crippen LogP contribution in [0.25, 0.3) is 11.3 Å². The van der Waals surface area contributed by atoms with E-state index in [4.69, 9.17) is 41.8 Å². The fourth-order valence-corrected chi connectivity index (χ4v) is 6.62. The number of furan rings is 1. The van der Waals surface area contributed by atoms with Crippen molar-refractivity contribution in [1.82, 2.24) is 14.8 Å². The summed E-state index contributed by atoms with van der Waals surface area (Å²) in [6.07, 6.45) is 1.57. The molecule has 1 spiro atoms. The average Bonchev–Trinajstić information content (AvgIpc) is 3.75. The highest BCUT2D eigenvalue weighted by Crippen LogP contribution is 2.55. The van der Waals surface area contributed by atoms with Gasteiger partial charge in [-0.15, -0.1) is 0 Å². The summed E-state index contributed by atoms with van der Waals surface area (Å²) >= 11 is 13.0. The molecule has 3 atom stereocenters. The first-order valence-electron chi connectivity index (χ1n) is 13.4. The molecule has 3 unspecified atom stereocenters. The van der Waals surface area contributed by atoms with Gasteiger partial charge in [0.2, 0.25) is 23.1 Å². The van der Waals surface area contributed by atoms with E-state index >= 15 is 0 Å². The van der Waals surface area contributed by atoms with Gasteiger partial charge in [-0.1, -0.05) is 30.1 Å². The van der Waals surface area contributed by atoms with Crippen molar-refractivity contribution in [3.05, 3.63) is 80.9 Å². The van der Waals surface area contributed by atoms with Gasteiger partial charge in [-0.2, -0.15) is 10.1 Å². The number of benzene rings is 2. The zero-order chi connectivity index (χ0) is 31.1. The van der Waals surface area contributed by atoms with Gasteiger partial charge in [-0.05, 0) is 36.8 Å². The third kappa shape index (κ3) is 3.74. The lowest BCUT2D eigenvalue weighted by atomic mass is 9.69. The van der Waals surface area contributed by atoms with Crippen LogP contribution in [0.15, 0.2) is 58.4 Å². The molecular formula is C30H22Cl2N4O8. The van der Waals surface area contributed by atoms with Gasteiger partial charge in [0.25, 0.3) is 0 Å². The number of methoxy groups -OCH3 is 2. The summed E-state index contributed by atoms with van der Waals surface area (Å²) in [6.45, 7) is 1.75. The Morgan fingerprint density at radius 2 is 1.89 bits per heavy atom. The van der Waals surface area contributed by atoms with Crippen molar-refractivity contribution in [3.63, 3.8) is 0 Å². The Balaban J connectivity index is 1.36. The number of ether oxygens (including phenoxy) is 3. The molecule has 2 aromatic carbocycles. The zero-order valence-electron chi connectivity index (χ0n) is 23.3. The summed E-state index contributed by atoms with van der Waals surface area (Å²) < 4.78 is 24.9. The number of Topliss-reactive ketones (excluding diaryl/α,β-unsaturated/α-hetero) is 2. The molecule has 7 rings (SSSR count). The Labute approximate surface area is 259 Å². The highest BCUT2D eigenvalue weighted by Gasteiger charge is 2.64. The van der Waals surface area contributed by atoms with Gasteiger partial charge >= 0.3 is 5.97 Å². The van der Waals surface area contributed by atoms with Crippen LogP contribution in [-0.2, 0) is 4.79 Å². The van der Waals surface area contributed by atoms with E-state index in [9.17, 15) is 19.5 Å². The van der Waals surface area contributed by atoms with Gasteiger partial charge in [0.15, 0.2) is 5.75 Å². The fraction of sp³-hybridized carbons (Fsp3) is 0.233. The van der Waals surface area contributed by atoms with Crippen LogP contribution >= 0.6 is 23.2 Å². The van der Waals surface area contributed by atoms with Crippen LogP contribution < -0.4 is 19.5 Å². The maximum absolute atomic E-state index is 14.8. The standard InChI is InChI=1S/C30H22Cl2N4O8/c1-12-8-16-21(26(37)30(12)27(38)22-19(41-2)10-20(42-3)23(32)25(22)44-30)24(36-29(35-16)33-11-34-36)18-7-6-17(43-18)14-9-13(28(39)40)4-5-15(14)31/h4-7,9-12,24H,8H2,1-3H3,(H,39,40)(H,33,34,35). The maximum Gasteiger partial charge on any atom is 0.335 e. The number of allylic oxidation sites excluding steroid dienone is 1. The number of hydrogen-bond acceptors (Lipinski definition) is 10. The number of carbonyl (C=O) groups is 3. The predicted molar refractivity (Wildman–Crippen MR) is 156 cm³/mol. The van der Waals surface area contributed by atoms with E-state index in [2.05, 4.69) is 15.4 Å². The van der Waals surface area contributed by atoms with Crippen LogP contribution in [0.1, 0.15) is 45.9 Å². The Kier molecular flexibility index (Phi) is 6.27. The van der Waals surface area contributed by atoms with Gasteiger partial charge in [-0.3, -0.25) is 9.59 Å². The van der Waals surface area contributed by atoms with Crippen molar-refractivity contribution < 1.29 is 38.1 Å². The smallest absolute Gasteiger partial charge is 0.335 e. The van der Waals surface area contributed by atoms with Gasteiger partial charge in [-0.25, -0.2) is 9.48 Å². The number of rotatable bonds is 5. The van der Waals surface area contributed by atoms with Gasteiger partial charge in [0, 0.05) is 23.2 Å². The minimum absolute atomic E-state index is 0.00659. The summed E-state index contributed by atoms with van der Waals surface area (Å²) in [7, 11) is 2.82. The zero-order valence-corrected chi connectivity index (χ0v) is 24.8. The van der Waals surface area contributed by atoms with Gasteiger partial charge < -0.3 is 29.1 Å². The topological polar surface area (TPSA) is 155 Å². The summed E-state index contributed by atoms with van der Waals surface area (Å²) in [5.41, 5.74) is -0.816. The molecule has 2 aliphatic heterocycles. The molecule has 12 nitrogen and oxygen atoms in total. The molecule has 0 radical (unpaired) electrons. The van der Waals surface area contributed by atoms with E-state index in [-0.39, 0.29) is 61.9 Å². The van der Waals surface area contributed by atoms with Crippen molar-refractivity contribution in [2.75, 3.05) is 19.5 Å². The highest BCUT2D eigenvalue weighted by molar-refractivity contribution is 6.36. The van der Waals surface area contributed by atoms with Gasteiger partial charge in [0.05, 0.1) is 30.4 Å². The SMILES string of the molecule is COc1cc(OC)c2c(c1Cl)OC1(C(=O)C3=C(CC1C)Nc1ncnn1C3c1ccc(-c3cc(C(=O)O)ccc3Cl)o1)C2=O. The molecule has 0 bridgehead atoms. The normalized spacial score (nSPS) is 21.8. The molecular weight excluding hydrogens is 615 g/mol. The van der Waals surface area contributed by atoms with Crippen LogP contribution in [0.3, 0.4) is 0 Å². The molecule has 4 heterocycles. The quantitative estimate of drug-likeness (QED) is 0.268. The second kappa shape index (κ2) is 9.86. The first kappa shape index (κ1) is 28.0. The molecule has 0 saturated heterocycles. The summed E-state index contributed by atoms with van der Waals surface area (Å²) in [5.74, 6) is -1.65. The van der Waals surface area contributed by atoms with E-state index in [0.717, 1.165) is 0 Å². The van der Waals surface area contributed by atoms with E-state index in [1.54, 1.807) is 19.1 Å². The number of halogens is 2. The second-order valence-corrected chi connectivity index (χ2v) is 11.3. The van der Waals surface area contributed by atoms with Crippen LogP contribution in [0, 0.1) is 5.92 Å². The van der Waals surface area contributed by atoms with E-state index in [1.807, 2.05) is 0 Å². The van der Waals surface area contributed by atoms with E-state index in [0.29, 0.717) is 17.2 Å². The summed E-state index contributed by atoms with van der Waals surface area (Å²) in [5, 5.41) is 17.3. The summed E-state index contributed by atoms with van der Waals surface area (Å²) in [6, 6.07) is 8.04. The Hall–Kier alpha value is -4.81. The second-order valence-electron chi connectivity index (χ2n) is 10.6. The molecule has 3 aliphatic rings. The number of anilines is 1. The summed E-state index contributed by atoms with van der Waals surface area (Å²) in [4.78, 5) is 44.9. The minimum atomic E-state index is -1.96. The Morgan fingerprint density at radius 1 is 1.11 bits per heavy atom. The van der Waals surface area contributed by atoms with Crippen molar-refractivity contribution in [2.24, 2.45) is 5.92 Å². The number of aromatic nitrogens is 3. The van der Waals surface area contributed by atoms with Crippen LogP contribution in [0.5, 0.6) is 17.2 Å². The molecule has 0 saturated carbocycles. The molecule has 2 aromatic heterocycles. The first-order valence-corrected chi connectivity index (χ1v) is 14.1. The Bertz CT molecular complexity index is 1960. The number of nitrogens with one attached hydrogen (secondary N) is 1. The fourth-order valence-electron chi connectivity index (χ4n) is 6.14. The van der Waals surface area contributed by atoms with Crippen LogP contribution in [0.4, 0.5) is 5.95 Å². The minimum Gasteiger partial charge on any atom is -0.496 e. The molecule has 2 N–H and O–H groups in total. The van der Waals surface area contributed by atoms with Gasteiger partial charge in [0.1, 0.15) is 46.0 Å². The van der Waals surface area contributed by atoms with Crippen molar-refractivity contribution >= 4 is 46.7 Å². The lowest BCUT2D eigenvalue weighted by Gasteiger charge is -2.41. The molecule has 1 aliphatic carbocycles. The molecule has 4 aromatic rings. The van der Waals surface area contributed by atoms with Crippen molar-refractivity contribution in [2.45, 2.75) is 25.0 Å². The largest absolute Gasteiger partial charge is 0.496 e. The number of hydrogen-bond donors (Lipinski definition) is 2. The molecule has 44 heavy (non-hydrogen) atoms. The highest BCUT2D eigenvalue weighted by atomic mass is 35.5. The Morgan fingerprint density at radius 3 is 2.61 bits per heavy atom. The van der Waals surface area contributed by atoms with E-state index < -0.39 is 35.1 Å². The van der Waals surface area contributed by atoms with Crippen LogP contribution in [0.2, 0.25) is 10.0 Å². The number of carboxylic acids is 1. The van der Waals surface area contributed by atoms with Crippen molar-refractivity contribution in [3.8, 4) is 28.6 Å². The first-order chi connectivity index (χ1) is 21.1.